The van der Waals surface area contributed by atoms with Gasteiger partial charge < -0.3 is 9.26 Å². The molecule has 0 radical (unpaired) electrons. The summed E-state index contributed by atoms with van der Waals surface area (Å²) in [5.41, 5.74) is -0.0860. The summed E-state index contributed by atoms with van der Waals surface area (Å²) in [6.07, 6.45) is 0.496. The van der Waals surface area contributed by atoms with E-state index < -0.39 is 4.92 Å². The van der Waals surface area contributed by atoms with Gasteiger partial charge in [-0.25, -0.2) is 0 Å². The molecule has 0 aliphatic carbocycles. The minimum atomic E-state index is -0.580. The van der Waals surface area contributed by atoms with Crippen LogP contribution < -0.4 is 4.74 Å². The number of non-ortho nitro benzene ring substituents is 1. The number of hydrogen-bond donors (Lipinski definition) is 0. The molecule has 0 aliphatic rings. The molecule has 1 aromatic carbocycles. The van der Waals surface area contributed by atoms with Crippen LogP contribution in [0.4, 0.5) is 5.69 Å². The standard InChI is InChI=1S/C13H13N3O5/c1-8(2)13-14-12(21-15-13)7-20-11-4-3-10(16(18)19)5-9(11)6-17/h3-6,8H,7H2,1-2H3. The van der Waals surface area contributed by atoms with Gasteiger partial charge in [0.15, 0.2) is 18.7 Å². The molecule has 0 amide bonds. The molecule has 0 unspecified atom stereocenters. The van der Waals surface area contributed by atoms with E-state index in [9.17, 15) is 14.9 Å². The maximum atomic E-state index is 11.0. The quantitative estimate of drug-likeness (QED) is 0.457. The SMILES string of the molecule is CC(C)c1noc(COc2ccc([N+](=O)[O-])cc2C=O)n1. The highest BCUT2D eigenvalue weighted by molar-refractivity contribution is 5.80. The molecule has 1 heterocycles. The third kappa shape index (κ3) is 3.41. The lowest BCUT2D eigenvalue weighted by atomic mass is 10.2. The molecule has 2 rings (SSSR count). The molecule has 0 atom stereocenters. The fourth-order valence-electron chi connectivity index (χ4n) is 1.57. The van der Waals surface area contributed by atoms with Gasteiger partial charge in [0.2, 0.25) is 0 Å². The highest BCUT2D eigenvalue weighted by Crippen LogP contribution is 2.23. The van der Waals surface area contributed by atoms with Crippen molar-refractivity contribution in [3.8, 4) is 5.75 Å². The monoisotopic (exact) mass is 291 g/mol. The number of ether oxygens (including phenoxy) is 1. The van der Waals surface area contributed by atoms with Crippen LogP contribution in [-0.2, 0) is 6.61 Å². The van der Waals surface area contributed by atoms with Gasteiger partial charge in [0.1, 0.15) is 5.75 Å². The molecule has 0 saturated carbocycles. The van der Waals surface area contributed by atoms with Crippen molar-refractivity contribution in [3.63, 3.8) is 0 Å². The Bertz CT molecular complexity index is 666. The van der Waals surface area contributed by atoms with Crippen molar-refractivity contribution < 1.29 is 19.0 Å². The molecule has 21 heavy (non-hydrogen) atoms. The lowest BCUT2D eigenvalue weighted by Crippen LogP contribution is -2.00. The molecule has 8 nitrogen and oxygen atoms in total. The number of carbonyl (C=O) groups excluding carboxylic acids is 1. The zero-order valence-electron chi connectivity index (χ0n) is 11.5. The number of nitro groups is 1. The molecule has 110 valence electrons. The van der Waals surface area contributed by atoms with Crippen LogP contribution in [0.1, 0.15) is 41.8 Å². The van der Waals surface area contributed by atoms with E-state index in [1.165, 1.54) is 12.1 Å². The zero-order valence-corrected chi connectivity index (χ0v) is 11.5. The Labute approximate surface area is 119 Å². The van der Waals surface area contributed by atoms with E-state index in [2.05, 4.69) is 10.1 Å². The first kappa shape index (κ1) is 14.6. The molecular formula is C13H13N3O5. The van der Waals surface area contributed by atoms with Gasteiger partial charge >= 0.3 is 0 Å². The molecule has 1 aromatic heterocycles. The Balaban J connectivity index is 2.11. The highest BCUT2D eigenvalue weighted by Gasteiger charge is 2.14. The van der Waals surface area contributed by atoms with Crippen LogP contribution in [0.25, 0.3) is 0 Å². The number of rotatable bonds is 6. The number of nitro benzene ring substituents is 1. The van der Waals surface area contributed by atoms with Gasteiger partial charge in [-0.15, -0.1) is 0 Å². The first-order chi connectivity index (χ1) is 10.0. The number of aldehydes is 1. The van der Waals surface area contributed by atoms with Crippen LogP contribution in [0.3, 0.4) is 0 Å². The van der Waals surface area contributed by atoms with Gasteiger partial charge in [0.25, 0.3) is 11.6 Å². The molecule has 0 spiro atoms. The van der Waals surface area contributed by atoms with Gasteiger partial charge in [-0.1, -0.05) is 19.0 Å². The molecule has 2 aromatic rings. The van der Waals surface area contributed by atoms with E-state index in [1.807, 2.05) is 13.8 Å². The average molecular weight is 291 g/mol. The Morgan fingerprint density at radius 2 is 2.24 bits per heavy atom. The molecule has 0 bridgehead atoms. The topological polar surface area (TPSA) is 108 Å². The van der Waals surface area contributed by atoms with Crippen LogP contribution in [-0.4, -0.2) is 21.4 Å². The second-order valence-electron chi connectivity index (χ2n) is 4.59. The van der Waals surface area contributed by atoms with Crippen LogP contribution in [0.15, 0.2) is 22.7 Å². The van der Waals surface area contributed by atoms with E-state index >= 15 is 0 Å². The van der Waals surface area contributed by atoms with E-state index in [1.54, 1.807) is 0 Å². The Kier molecular flexibility index (Phi) is 4.27. The summed E-state index contributed by atoms with van der Waals surface area (Å²) in [5.74, 6) is 1.19. The van der Waals surface area contributed by atoms with Gasteiger partial charge in [0, 0.05) is 18.1 Å². The summed E-state index contributed by atoms with van der Waals surface area (Å²) in [4.78, 5) is 25.1. The maximum Gasteiger partial charge on any atom is 0.270 e. The molecular weight excluding hydrogens is 278 g/mol. The number of benzene rings is 1. The van der Waals surface area contributed by atoms with Crippen LogP contribution in [0.2, 0.25) is 0 Å². The summed E-state index contributed by atoms with van der Waals surface area (Å²) < 4.78 is 10.4. The maximum absolute atomic E-state index is 11.0. The Hall–Kier alpha value is -2.77. The lowest BCUT2D eigenvalue weighted by molar-refractivity contribution is -0.384. The number of nitrogens with zero attached hydrogens (tertiary/aromatic N) is 3. The minimum Gasteiger partial charge on any atom is -0.483 e. The van der Waals surface area contributed by atoms with Gasteiger partial charge in [-0.3, -0.25) is 14.9 Å². The summed E-state index contributed by atoms with van der Waals surface area (Å²) in [6, 6.07) is 3.77. The van der Waals surface area contributed by atoms with Crippen molar-refractivity contribution in [2.24, 2.45) is 0 Å². The fourth-order valence-corrected chi connectivity index (χ4v) is 1.57. The fraction of sp³-hybridized carbons (Fsp3) is 0.308. The molecule has 0 N–H and O–H groups in total. The van der Waals surface area contributed by atoms with Crippen molar-refractivity contribution in [2.75, 3.05) is 0 Å². The molecule has 8 heteroatoms. The summed E-state index contributed by atoms with van der Waals surface area (Å²) in [5, 5.41) is 14.4. The first-order valence-corrected chi connectivity index (χ1v) is 6.20. The van der Waals surface area contributed by atoms with E-state index in [0.29, 0.717) is 12.1 Å². The molecule has 0 aliphatic heterocycles. The van der Waals surface area contributed by atoms with Crippen molar-refractivity contribution >= 4 is 12.0 Å². The average Bonchev–Trinajstić information content (AvgIpc) is 2.93. The Morgan fingerprint density at radius 1 is 1.48 bits per heavy atom. The minimum absolute atomic E-state index is 0.0155. The normalized spacial score (nSPS) is 10.6. The van der Waals surface area contributed by atoms with Gasteiger partial charge in [-0.05, 0) is 6.07 Å². The smallest absolute Gasteiger partial charge is 0.270 e. The van der Waals surface area contributed by atoms with Crippen molar-refractivity contribution in [3.05, 3.63) is 45.6 Å². The van der Waals surface area contributed by atoms with Gasteiger partial charge in [-0.2, -0.15) is 4.98 Å². The van der Waals surface area contributed by atoms with Crippen molar-refractivity contribution in [2.45, 2.75) is 26.4 Å². The van der Waals surface area contributed by atoms with E-state index in [-0.39, 0.29) is 35.4 Å². The zero-order chi connectivity index (χ0) is 15.4. The summed E-state index contributed by atoms with van der Waals surface area (Å²) in [6.45, 7) is 3.84. The second-order valence-corrected chi connectivity index (χ2v) is 4.59. The molecule has 0 saturated heterocycles. The summed E-state index contributed by atoms with van der Waals surface area (Å²) >= 11 is 0. The van der Waals surface area contributed by atoms with Crippen LogP contribution in [0.5, 0.6) is 5.75 Å². The van der Waals surface area contributed by atoms with Crippen molar-refractivity contribution in [1.82, 2.24) is 10.1 Å². The van der Waals surface area contributed by atoms with E-state index in [0.717, 1.165) is 6.07 Å². The van der Waals surface area contributed by atoms with Crippen molar-refractivity contribution in [1.29, 1.82) is 0 Å². The number of carbonyl (C=O) groups is 1. The second kappa shape index (κ2) is 6.12. The van der Waals surface area contributed by atoms with Gasteiger partial charge in [0.05, 0.1) is 10.5 Å². The van der Waals surface area contributed by atoms with Crippen LogP contribution >= 0.6 is 0 Å². The van der Waals surface area contributed by atoms with Crippen LogP contribution in [0, 0.1) is 10.1 Å². The third-order valence-electron chi connectivity index (χ3n) is 2.68. The number of hydrogen-bond acceptors (Lipinski definition) is 7. The lowest BCUT2D eigenvalue weighted by Gasteiger charge is -2.05. The largest absolute Gasteiger partial charge is 0.483 e. The van der Waals surface area contributed by atoms with E-state index in [4.69, 9.17) is 9.26 Å². The predicted octanol–water partition coefficient (Wildman–Crippen LogP) is 2.49. The molecule has 0 fully saturated rings. The predicted molar refractivity (Wildman–Crippen MR) is 71.2 cm³/mol. The Morgan fingerprint density at radius 3 is 2.81 bits per heavy atom. The number of aromatic nitrogens is 2. The third-order valence-corrected chi connectivity index (χ3v) is 2.68. The summed E-state index contributed by atoms with van der Waals surface area (Å²) in [7, 11) is 0. The highest BCUT2D eigenvalue weighted by atomic mass is 16.6. The first-order valence-electron chi connectivity index (χ1n) is 6.20.